The highest BCUT2D eigenvalue weighted by Crippen LogP contribution is 2.47. The molecule has 2 aromatic rings. The summed E-state index contributed by atoms with van der Waals surface area (Å²) in [5, 5.41) is 27.9. The van der Waals surface area contributed by atoms with Crippen LogP contribution in [0.25, 0.3) is 0 Å². The number of carboxylic acid groups (broad SMARTS) is 1. The third-order valence-electron chi connectivity index (χ3n) is 5.48. The molecule has 0 aromatic carbocycles. The van der Waals surface area contributed by atoms with Gasteiger partial charge in [0.15, 0.2) is 10.5 Å². The molecule has 2 aliphatic heterocycles. The molecule has 6 N–H and O–H groups in total. The highest BCUT2D eigenvalue weighted by molar-refractivity contribution is 8.00. The molecule has 16 nitrogen and oxygen atoms in total. The van der Waals surface area contributed by atoms with Crippen molar-refractivity contribution in [2.24, 2.45) is 10.9 Å². The Kier molecular flexibility index (Phi) is 8.37. The average Bonchev–Trinajstić information content (AvgIpc) is 3.52. The Balaban J connectivity index is 1.57. The zero-order chi connectivity index (χ0) is 26.6. The maximum absolute atomic E-state index is 13.6. The number of aryl methyl sites for hydroxylation is 1. The fourth-order valence-electron chi connectivity index (χ4n) is 3.83. The SMILES string of the molecule is CCON=C(C(=O)NC1C(=O)[N+]2(CSc3nnnn3CCCN)C(C(=O)O)=CCS[C@@H]12)c1nsc(N)n1. The largest absolute Gasteiger partial charge is 0.474 e. The van der Waals surface area contributed by atoms with E-state index in [1.807, 2.05) is 0 Å². The second-order valence-electron chi connectivity index (χ2n) is 7.69. The first kappa shape index (κ1) is 26.9. The fraction of sp³-hybridized carbons (Fsp3) is 0.500. The molecule has 3 atom stereocenters. The number of nitrogens with zero attached hydrogens (tertiary/aromatic N) is 8. The van der Waals surface area contributed by atoms with Crippen LogP contribution in [0.4, 0.5) is 5.13 Å². The molecule has 2 unspecified atom stereocenters. The van der Waals surface area contributed by atoms with Crippen LogP contribution in [0.3, 0.4) is 0 Å². The highest BCUT2D eigenvalue weighted by atomic mass is 32.2. The summed E-state index contributed by atoms with van der Waals surface area (Å²) in [7, 11) is 0. The summed E-state index contributed by atoms with van der Waals surface area (Å²) < 4.78 is 5.07. The van der Waals surface area contributed by atoms with Crippen LogP contribution in [0, 0.1) is 0 Å². The number of fused-ring (bicyclic) bond motifs is 1. The Morgan fingerprint density at radius 1 is 1.46 bits per heavy atom. The predicted octanol–water partition coefficient (Wildman–Crippen LogP) is -1.17. The normalized spacial score (nSPS) is 23.1. The van der Waals surface area contributed by atoms with Crippen molar-refractivity contribution in [3.63, 3.8) is 0 Å². The number of hydrogen-bond donors (Lipinski definition) is 4. The number of nitrogens with two attached hydrogens (primary N) is 2. The van der Waals surface area contributed by atoms with Crippen molar-refractivity contribution in [2.45, 2.75) is 36.5 Å². The third kappa shape index (κ3) is 5.17. The fourth-order valence-corrected chi connectivity index (χ4v) is 6.85. The molecular weight excluding hydrogens is 546 g/mol. The van der Waals surface area contributed by atoms with Gasteiger partial charge in [0.05, 0.1) is 0 Å². The van der Waals surface area contributed by atoms with Gasteiger partial charge in [-0.1, -0.05) is 16.9 Å². The van der Waals surface area contributed by atoms with Crippen molar-refractivity contribution in [1.82, 2.24) is 34.9 Å². The van der Waals surface area contributed by atoms with Gasteiger partial charge < -0.3 is 26.7 Å². The minimum Gasteiger partial charge on any atom is -0.474 e. The van der Waals surface area contributed by atoms with Gasteiger partial charge in [-0.3, -0.25) is 4.79 Å². The first-order chi connectivity index (χ1) is 17.8. The van der Waals surface area contributed by atoms with Crippen LogP contribution in [-0.4, -0.2) is 98.8 Å². The zero-order valence-electron chi connectivity index (χ0n) is 19.5. The number of amides is 2. The van der Waals surface area contributed by atoms with Crippen LogP contribution >= 0.6 is 35.1 Å². The van der Waals surface area contributed by atoms with Crippen molar-refractivity contribution in [1.29, 1.82) is 0 Å². The molecule has 37 heavy (non-hydrogen) atoms. The monoisotopic (exact) mass is 570 g/mol. The lowest BCUT2D eigenvalue weighted by Crippen LogP contribution is -2.81. The second-order valence-corrected chi connectivity index (χ2v) is 10.5. The van der Waals surface area contributed by atoms with Crippen molar-refractivity contribution >= 4 is 63.7 Å². The molecule has 0 spiro atoms. The van der Waals surface area contributed by atoms with E-state index in [2.05, 4.69) is 35.4 Å². The number of aliphatic carboxylic acids is 1. The minimum atomic E-state index is -1.22. The molecule has 4 rings (SSSR count). The first-order valence-corrected chi connectivity index (χ1v) is 13.8. The van der Waals surface area contributed by atoms with Crippen LogP contribution in [0.2, 0.25) is 0 Å². The quantitative estimate of drug-likeness (QED) is 0.0775. The Bertz CT molecular complexity index is 1250. The number of β-lactam (4-membered cyclic amide) rings is 1. The van der Waals surface area contributed by atoms with Gasteiger partial charge in [0, 0.05) is 23.8 Å². The van der Waals surface area contributed by atoms with Gasteiger partial charge >= 0.3 is 11.9 Å². The van der Waals surface area contributed by atoms with Crippen LogP contribution < -0.4 is 16.8 Å². The first-order valence-electron chi connectivity index (χ1n) is 11.0. The molecule has 1 fully saturated rings. The molecule has 198 valence electrons. The van der Waals surface area contributed by atoms with Gasteiger partial charge in [0.25, 0.3) is 5.91 Å². The van der Waals surface area contributed by atoms with Crippen LogP contribution in [0.5, 0.6) is 0 Å². The van der Waals surface area contributed by atoms with Crippen molar-refractivity contribution in [3.05, 3.63) is 17.6 Å². The number of carbonyl (C=O) groups excluding carboxylic acids is 2. The van der Waals surface area contributed by atoms with Gasteiger partial charge in [-0.05, 0) is 48.2 Å². The maximum atomic E-state index is 13.6. The Morgan fingerprint density at radius 2 is 2.27 bits per heavy atom. The number of nitrogens with one attached hydrogen (secondary N) is 1. The summed E-state index contributed by atoms with van der Waals surface area (Å²) in [4.78, 5) is 47.9. The predicted molar refractivity (Wildman–Crippen MR) is 134 cm³/mol. The van der Waals surface area contributed by atoms with Gasteiger partial charge in [0.2, 0.25) is 28.4 Å². The molecule has 2 amide bonds. The van der Waals surface area contributed by atoms with E-state index in [1.54, 1.807) is 11.6 Å². The number of anilines is 1. The van der Waals surface area contributed by atoms with E-state index in [-0.39, 0.29) is 34.8 Å². The lowest BCUT2D eigenvalue weighted by atomic mass is 10.00. The molecule has 1 saturated heterocycles. The van der Waals surface area contributed by atoms with E-state index in [1.165, 1.54) is 17.8 Å². The van der Waals surface area contributed by atoms with Crippen LogP contribution in [0.1, 0.15) is 19.2 Å². The lowest BCUT2D eigenvalue weighted by molar-refractivity contribution is -0.841. The smallest absolute Gasteiger partial charge is 0.390 e. The summed E-state index contributed by atoms with van der Waals surface area (Å²) in [6, 6.07) is -0.989. The Labute approximate surface area is 222 Å². The van der Waals surface area contributed by atoms with Crippen LogP contribution in [-0.2, 0) is 25.8 Å². The molecule has 2 aliphatic rings. The molecule has 4 heterocycles. The van der Waals surface area contributed by atoms with Crippen LogP contribution in [0.15, 0.2) is 22.1 Å². The molecular formula is C18H24N11O5S3+. The minimum absolute atomic E-state index is 0.0219. The second kappa shape index (κ2) is 11.5. The lowest BCUT2D eigenvalue weighted by Gasteiger charge is -2.53. The molecule has 2 aromatic heterocycles. The number of nitrogen functional groups attached to an aromatic ring is 1. The van der Waals surface area contributed by atoms with E-state index in [0.717, 1.165) is 23.3 Å². The summed E-state index contributed by atoms with van der Waals surface area (Å²) in [5.74, 6) is -2.11. The summed E-state index contributed by atoms with van der Waals surface area (Å²) in [6.07, 6.45) is 2.16. The number of carboxylic acids is 1. The zero-order valence-corrected chi connectivity index (χ0v) is 22.0. The summed E-state index contributed by atoms with van der Waals surface area (Å²) in [5.41, 5.74) is 10.9. The third-order valence-corrected chi connectivity index (χ3v) is 8.44. The number of oxime groups is 1. The molecule has 0 aliphatic carbocycles. The molecule has 0 saturated carbocycles. The topological polar surface area (TPSA) is 226 Å². The van der Waals surface area contributed by atoms with E-state index in [4.69, 9.17) is 16.3 Å². The molecule has 0 radical (unpaired) electrons. The van der Waals surface area contributed by atoms with Gasteiger partial charge in [-0.2, -0.15) is 13.8 Å². The summed E-state index contributed by atoms with van der Waals surface area (Å²) >= 11 is 3.40. The number of hydrogen-bond acceptors (Lipinski definition) is 15. The van der Waals surface area contributed by atoms with E-state index >= 15 is 0 Å². The van der Waals surface area contributed by atoms with Gasteiger partial charge in [0.1, 0.15) is 12.5 Å². The number of thioether (sulfide) groups is 2. The van der Waals surface area contributed by atoms with Crippen molar-refractivity contribution in [2.75, 3.05) is 30.5 Å². The number of quaternary nitrogens is 1. The highest BCUT2D eigenvalue weighted by Gasteiger charge is 2.69. The Hall–Kier alpha value is -3.13. The van der Waals surface area contributed by atoms with E-state index in [9.17, 15) is 19.5 Å². The molecule has 19 heteroatoms. The summed E-state index contributed by atoms with van der Waals surface area (Å²) in [6.45, 7) is 2.80. The van der Waals surface area contributed by atoms with E-state index < -0.39 is 33.7 Å². The average molecular weight is 571 g/mol. The number of rotatable bonds is 12. The van der Waals surface area contributed by atoms with Gasteiger partial charge in [-0.15, -0.1) is 5.10 Å². The van der Waals surface area contributed by atoms with Crippen molar-refractivity contribution in [3.8, 4) is 0 Å². The van der Waals surface area contributed by atoms with E-state index in [0.29, 0.717) is 30.4 Å². The molecule has 0 bridgehead atoms. The van der Waals surface area contributed by atoms with Gasteiger partial charge in [-0.25, -0.2) is 14.3 Å². The van der Waals surface area contributed by atoms with Crippen molar-refractivity contribution < 1.29 is 28.8 Å². The Morgan fingerprint density at radius 3 is 2.95 bits per heavy atom. The number of tetrazole rings is 1. The maximum Gasteiger partial charge on any atom is 0.390 e. The number of aromatic nitrogens is 6. The standard InChI is InChI=1S/C18H23N11O5S3/c1-2-34-24-10(12-22-17(20)37-25-12)13(30)21-11-14(31)29(9(16(32)33)4-7-35-15(11)29)8-36-18-23-26-27-28(18)6-3-5-19/h4,11,15H,2-3,5-8,19H2,1H3,(H3-,20,21,22,25,30,32,33)/p+1/t11?,15-,29?/m0/s1. The number of carbonyl (C=O) groups is 3.